The van der Waals surface area contributed by atoms with E-state index in [1.165, 1.54) is 19.4 Å². The lowest BCUT2D eigenvalue weighted by molar-refractivity contribution is 0.0778. The molecule has 1 N–H and O–H groups in total. The lowest BCUT2D eigenvalue weighted by atomic mass is 10.1. The van der Waals surface area contributed by atoms with Crippen LogP contribution in [0.1, 0.15) is 15.9 Å². The van der Waals surface area contributed by atoms with Crippen LogP contribution in [0.4, 0.5) is 17.6 Å². The molecule has 106 valence electrons. The number of nitrogens with one attached hydrogen (secondary N) is 1. The SMILES string of the molecule is CN(Cc1cn[nH]c1)C(=O)c1cc(F)c(F)c(F)c1F. The summed E-state index contributed by atoms with van der Waals surface area (Å²) in [4.78, 5) is 12.9. The van der Waals surface area contributed by atoms with Gasteiger partial charge in [-0.3, -0.25) is 9.89 Å². The number of amides is 1. The second-order valence-corrected chi connectivity index (χ2v) is 4.12. The maximum absolute atomic E-state index is 13.5. The number of benzene rings is 1. The average molecular weight is 287 g/mol. The summed E-state index contributed by atoms with van der Waals surface area (Å²) in [5, 5.41) is 6.18. The van der Waals surface area contributed by atoms with Gasteiger partial charge in [0.1, 0.15) is 0 Å². The van der Waals surface area contributed by atoms with Crippen molar-refractivity contribution in [3.63, 3.8) is 0 Å². The maximum Gasteiger partial charge on any atom is 0.257 e. The summed E-state index contributed by atoms with van der Waals surface area (Å²) in [7, 11) is 1.31. The van der Waals surface area contributed by atoms with Crippen molar-refractivity contribution in [2.45, 2.75) is 6.54 Å². The van der Waals surface area contributed by atoms with Crippen molar-refractivity contribution in [3.8, 4) is 0 Å². The van der Waals surface area contributed by atoms with Gasteiger partial charge in [-0.2, -0.15) is 5.10 Å². The van der Waals surface area contributed by atoms with Gasteiger partial charge in [-0.15, -0.1) is 0 Å². The predicted octanol–water partition coefficient (Wildman–Crippen LogP) is 2.24. The van der Waals surface area contributed by atoms with Gasteiger partial charge in [0.15, 0.2) is 23.3 Å². The molecule has 0 atom stereocenters. The molecular weight excluding hydrogens is 278 g/mol. The van der Waals surface area contributed by atoms with Crippen LogP contribution < -0.4 is 0 Å². The third-order valence-corrected chi connectivity index (χ3v) is 2.65. The number of carbonyl (C=O) groups excluding carboxylic acids is 1. The van der Waals surface area contributed by atoms with Gasteiger partial charge >= 0.3 is 0 Å². The number of aromatic amines is 1. The summed E-state index contributed by atoms with van der Waals surface area (Å²) in [6.45, 7) is 0.0510. The zero-order valence-corrected chi connectivity index (χ0v) is 10.3. The summed E-state index contributed by atoms with van der Waals surface area (Å²) < 4.78 is 52.4. The predicted molar refractivity (Wildman–Crippen MR) is 60.7 cm³/mol. The Balaban J connectivity index is 2.29. The Labute approximate surface area is 111 Å². The summed E-state index contributed by atoms with van der Waals surface area (Å²) in [6.07, 6.45) is 2.94. The monoisotopic (exact) mass is 287 g/mol. The van der Waals surface area contributed by atoms with Crippen molar-refractivity contribution in [1.29, 1.82) is 0 Å². The minimum atomic E-state index is -2.01. The molecule has 0 saturated carbocycles. The molecule has 2 aromatic rings. The van der Waals surface area contributed by atoms with Crippen molar-refractivity contribution in [2.24, 2.45) is 0 Å². The van der Waals surface area contributed by atoms with Gasteiger partial charge in [-0.1, -0.05) is 0 Å². The zero-order valence-electron chi connectivity index (χ0n) is 10.3. The first-order chi connectivity index (χ1) is 9.41. The van der Waals surface area contributed by atoms with Gasteiger partial charge in [-0.25, -0.2) is 17.6 Å². The standard InChI is InChI=1S/C12H9F4N3O/c1-19(5-6-3-17-18-4-6)12(20)7-2-8(13)10(15)11(16)9(7)14/h2-4H,5H2,1H3,(H,17,18). The van der Waals surface area contributed by atoms with E-state index in [0.29, 0.717) is 11.6 Å². The summed E-state index contributed by atoms with van der Waals surface area (Å²) >= 11 is 0. The van der Waals surface area contributed by atoms with Gasteiger partial charge in [0.05, 0.1) is 11.8 Å². The van der Waals surface area contributed by atoms with Crippen molar-refractivity contribution in [3.05, 3.63) is 52.9 Å². The Morgan fingerprint density at radius 1 is 1.25 bits per heavy atom. The highest BCUT2D eigenvalue weighted by molar-refractivity contribution is 5.94. The fraction of sp³-hybridized carbons (Fsp3) is 0.167. The quantitative estimate of drug-likeness (QED) is 0.534. The fourth-order valence-electron chi connectivity index (χ4n) is 1.64. The van der Waals surface area contributed by atoms with Crippen molar-refractivity contribution in [2.75, 3.05) is 7.05 Å². The van der Waals surface area contributed by atoms with Crippen molar-refractivity contribution in [1.82, 2.24) is 15.1 Å². The number of carbonyl (C=O) groups is 1. The van der Waals surface area contributed by atoms with Gasteiger partial charge in [0.2, 0.25) is 0 Å². The van der Waals surface area contributed by atoms with E-state index in [0.717, 1.165) is 4.90 Å². The Morgan fingerprint density at radius 3 is 2.55 bits per heavy atom. The van der Waals surface area contributed by atoms with Crippen molar-refractivity contribution >= 4 is 5.91 Å². The van der Waals surface area contributed by atoms with E-state index in [9.17, 15) is 22.4 Å². The van der Waals surface area contributed by atoms with Crippen molar-refractivity contribution < 1.29 is 22.4 Å². The fourth-order valence-corrected chi connectivity index (χ4v) is 1.64. The first-order valence-corrected chi connectivity index (χ1v) is 5.48. The lowest BCUT2D eigenvalue weighted by Crippen LogP contribution is -2.27. The van der Waals surface area contributed by atoms with E-state index >= 15 is 0 Å². The molecule has 0 aliphatic carbocycles. The molecule has 2 rings (SSSR count). The van der Waals surface area contributed by atoms with Crippen LogP contribution in [0.25, 0.3) is 0 Å². The second-order valence-electron chi connectivity index (χ2n) is 4.12. The van der Waals surface area contributed by atoms with Gasteiger partial charge in [-0.05, 0) is 6.07 Å². The van der Waals surface area contributed by atoms with E-state index in [4.69, 9.17) is 0 Å². The Kier molecular flexibility index (Phi) is 3.73. The van der Waals surface area contributed by atoms with E-state index in [-0.39, 0.29) is 6.54 Å². The molecular formula is C12H9F4N3O. The lowest BCUT2D eigenvalue weighted by Gasteiger charge is -2.17. The second kappa shape index (κ2) is 5.32. The molecule has 20 heavy (non-hydrogen) atoms. The number of aromatic nitrogens is 2. The molecule has 1 heterocycles. The van der Waals surface area contributed by atoms with Crippen LogP contribution in [0.3, 0.4) is 0 Å². The molecule has 1 amide bonds. The van der Waals surface area contributed by atoms with Crippen LogP contribution in [0, 0.1) is 23.3 Å². The highest BCUT2D eigenvalue weighted by atomic mass is 19.2. The van der Waals surface area contributed by atoms with Crippen LogP contribution in [0.2, 0.25) is 0 Å². The topological polar surface area (TPSA) is 49.0 Å². The minimum Gasteiger partial charge on any atom is -0.337 e. The van der Waals surface area contributed by atoms with Crippen LogP contribution in [0.15, 0.2) is 18.5 Å². The van der Waals surface area contributed by atoms with E-state index in [1.54, 1.807) is 0 Å². The molecule has 1 aromatic heterocycles. The highest BCUT2D eigenvalue weighted by Crippen LogP contribution is 2.20. The maximum atomic E-state index is 13.5. The number of hydrogen-bond acceptors (Lipinski definition) is 2. The number of rotatable bonds is 3. The van der Waals surface area contributed by atoms with Gasteiger partial charge < -0.3 is 4.90 Å². The molecule has 0 aliphatic heterocycles. The van der Waals surface area contributed by atoms with Crippen LogP contribution >= 0.6 is 0 Å². The summed E-state index contributed by atoms with van der Waals surface area (Å²) in [5.74, 6) is -8.26. The van der Waals surface area contributed by atoms with E-state index in [1.807, 2.05) is 0 Å². The molecule has 0 spiro atoms. The third-order valence-electron chi connectivity index (χ3n) is 2.65. The minimum absolute atomic E-state index is 0.0510. The van der Waals surface area contributed by atoms with Gasteiger partial charge in [0.25, 0.3) is 5.91 Å². The number of halogens is 4. The molecule has 8 heteroatoms. The number of H-pyrrole nitrogens is 1. The Morgan fingerprint density at radius 2 is 1.95 bits per heavy atom. The molecule has 0 bridgehead atoms. The molecule has 0 radical (unpaired) electrons. The average Bonchev–Trinajstić information content (AvgIpc) is 2.92. The Bertz CT molecular complexity index is 643. The van der Waals surface area contributed by atoms with Crippen LogP contribution in [-0.4, -0.2) is 28.1 Å². The van der Waals surface area contributed by atoms with E-state index < -0.39 is 34.7 Å². The first kappa shape index (κ1) is 14.0. The highest BCUT2D eigenvalue weighted by Gasteiger charge is 2.25. The summed E-state index contributed by atoms with van der Waals surface area (Å²) in [5.41, 5.74) is -0.253. The summed E-state index contributed by atoms with van der Waals surface area (Å²) in [6, 6.07) is 0.335. The number of nitrogens with zero attached hydrogens (tertiary/aromatic N) is 2. The molecule has 1 aromatic carbocycles. The molecule has 0 saturated heterocycles. The van der Waals surface area contributed by atoms with Gasteiger partial charge in [0, 0.05) is 25.4 Å². The normalized spacial score (nSPS) is 10.7. The molecule has 0 fully saturated rings. The van der Waals surface area contributed by atoms with E-state index in [2.05, 4.69) is 10.2 Å². The molecule has 0 unspecified atom stereocenters. The largest absolute Gasteiger partial charge is 0.337 e. The van der Waals surface area contributed by atoms with Crippen LogP contribution in [-0.2, 0) is 6.54 Å². The zero-order chi connectivity index (χ0) is 14.9. The smallest absolute Gasteiger partial charge is 0.257 e. The third kappa shape index (κ3) is 2.49. The Hall–Kier alpha value is -2.38. The number of hydrogen-bond donors (Lipinski definition) is 1. The first-order valence-electron chi connectivity index (χ1n) is 5.48. The molecule has 0 aliphatic rings. The molecule has 4 nitrogen and oxygen atoms in total. The van der Waals surface area contributed by atoms with Crippen LogP contribution in [0.5, 0.6) is 0 Å².